The van der Waals surface area contributed by atoms with Crippen molar-refractivity contribution in [1.82, 2.24) is 16.0 Å². The SMILES string of the molecule is CSCC[C@H](NC(=O)[C@H](CCCNC(=N)N)NC(=O)[C@@H](N)C(C)C)C(=O)O. The van der Waals surface area contributed by atoms with Gasteiger partial charge in [0.05, 0.1) is 6.04 Å². The van der Waals surface area contributed by atoms with E-state index < -0.39 is 35.9 Å². The molecule has 11 heteroatoms. The van der Waals surface area contributed by atoms with Crippen LogP contribution in [0.2, 0.25) is 0 Å². The molecule has 0 aromatic carbocycles. The van der Waals surface area contributed by atoms with Gasteiger partial charge in [-0.05, 0) is 37.2 Å². The standard InChI is InChI=1S/C16H32N6O4S/c1-9(2)12(17)14(24)21-10(5-4-7-20-16(18)19)13(23)22-11(15(25)26)6-8-27-3/h9-12H,4-8,17H2,1-3H3,(H,21,24)(H,22,23)(H,25,26)(H4,18,19,20)/t10-,11-,12-/m0/s1. The predicted molar refractivity (Wildman–Crippen MR) is 106 cm³/mol. The highest BCUT2D eigenvalue weighted by Gasteiger charge is 2.28. The van der Waals surface area contributed by atoms with Crippen LogP contribution < -0.4 is 27.4 Å². The molecule has 0 aromatic rings. The van der Waals surface area contributed by atoms with Crippen LogP contribution in [0, 0.1) is 11.3 Å². The van der Waals surface area contributed by atoms with E-state index in [0.717, 1.165) is 0 Å². The van der Waals surface area contributed by atoms with Gasteiger partial charge in [0.15, 0.2) is 5.96 Å². The van der Waals surface area contributed by atoms with Crippen molar-refractivity contribution >= 4 is 35.5 Å². The maximum atomic E-state index is 12.6. The zero-order chi connectivity index (χ0) is 21.0. The van der Waals surface area contributed by atoms with Crippen LogP contribution >= 0.6 is 11.8 Å². The van der Waals surface area contributed by atoms with Crippen molar-refractivity contribution < 1.29 is 19.5 Å². The fourth-order valence-corrected chi connectivity index (χ4v) is 2.61. The zero-order valence-electron chi connectivity index (χ0n) is 16.1. The largest absolute Gasteiger partial charge is 0.480 e. The van der Waals surface area contributed by atoms with E-state index in [2.05, 4.69) is 16.0 Å². The molecule has 0 aliphatic heterocycles. The molecule has 0 aromatic heterocycles. The summed E-state index contributed by atoms with van der Waals surface area (Å²) in [5, 5.41) is 24.1. The maximum Gasteiger partial charge on any atom is 0.326 e. The molecule has 27 heavy (non-hydrogen) atoms. The summed E-state index contributed by atoms with van der Waals surface area (Å²) in [7, 11) is 0. The van der Waals surface area contributed by atoms with E-state index >= 15 is 0 Å². The highest BCUT2D eigenvalue weighted by atomic mass is 32.2. The van der Waals surface area contributed by atoms with E-state index in [0.29, 0.717) is 18.7 Å². The van der Waals surface area contributed by atoms with Crippen LogP contribution in [-0.2, 0) is 14.4 Å². The molecule has 9 N–H and O–H groups in total. The molecule has 0 saturated heterocycles. The van der Waals surface area contributed by atoms with Gasteiger partial charge in [-0.1, -0.05) is 13.8 Å². The molecule has 0 radical (unpaired) electrons. The summed E-state index contributed by atoms with van der Waals surface area (Å²) >= 11 is 1.48. The average Bonchev–Trinajstić information content (AvgIpc) is 2.59. The minimum Gasteiger partial charge on any atom is -0.480 e. The van der Waals surface area contributed by atoms with Gasteiger partial charge in [0.2, 0.25) is 11.8 Å². The van der Waals surface area contributed by atoms with Gasteiger partial charge in [-0.15, -0.1) is 0 Å². The van der Waals surface area contributed by atoms with Crippen LogP contribution in [-0.4, -0.2) is 65.5 Å². The number of amides is 2. The third-order valence-corrected chi connectivity index (χ3v) is 4.51. The minimum absolute atomic E-state index is 0.110. The Morgan fingerprint density at radius 3 is 2.19 bits per heavy atom. The van der Waals surface area contributed by atoms with Gasteiger partial charge >= 0.3 is 5.97 Å². The summed E-state index contributed by atoms with van der Waals surface area (Å²) < 4.78 is 0. The normalized spacial score (nSPS) is 14.1. The molecule has 10 nitrogen and oxygen atoms in total. The molecule has 2 amide bonds. The van der Waals surface area contributed by atoms with Crippen LogP contribution in [0.25, 0.3) is 0 Å². The molecule has 3 atom stereocenters. The molecule has 0 bridgehead atoms. The van der Waals surface area contributed by atoms with E-state index in [9.17, 15) is 19.5 Å². The Balaban J connectivity index is 5.00. The van der Waals surface area contributed by atoms with E-state index in [-0.39, 0.29) is 24.7 Å². The van der Waals surface area contributed by atoms with E-state index in [1.54, 1.807) is 13.8 Å². The Morgan fingerprint density at radius 1 is 1.11 bits per heavy atom. The molecular formula is C16H32N6O4S. The molecule has 0 aliphatic carbocycles. The Kier molecular flexibility index (Phi) is 12.2. The summed E-state index contributed by atoms with van der Waals surface area (Å²) in [4.78, 5) is 36.1. The van der Waals surface area contributed by atoms with Crippen molar-refractivity contribution in [3.63, 3.8) is 0 Å². The van der Waals surface area contributed by atoms with Crippen LogP contribution in [0.4, 0.5) is 0 Å². The number of nitrogens with two attached hydrogens (primary N) is 2. The van der Waals surface area contributed by atoms with Crippen LogP contribution in [0.5, 0.6) is 0 Å². The molecule has 156 valence electrons. The topological polar surface area (TPSA) is 183 Å². The van der Waals surface area contributed by atoms with Crippen LogP contribution in [0.1, 0.15) is 33.1 Å². The zero-order valence-corrected chi connectivity index (χ0v) is 16.9. The van der Waals surface area contributed by atoms with Crippen molar-refractivity contribution in [2.45, 2.75) is 51.2 Å². The Hall–Kier alpha value is -2.01. The molecule has 0 unspecified atom stereocenters. The summed E-state index contributed by atoms with van der Waals surface area (Å²) in [6.07, 6.45) is 2.81. The summed E-state index contributed by atoms with van der Waals surface area (Å²) in [6, 6.07) is -2.73. The molecule has 0 spiro atoms. The Bertz CT molecular complexity index is 517. The molecule has 0 rings (SSSR count). The quantitative estimate of drug-likeness (QED) is 0.116. The lowest BCUT2D eigenvalue weighted by atomic mass is 10.0. The van der Waals surface area contributed by atoms with Gasteiger partial charge < -0.3 is 32.5 Å². The van der Waals surface area contributed by atoms with Gasteiger partial charge in [-0.2, -0.15) is 11.8 Å². The van der Waals surface area contributed by atoms with E-state index in [1.807, 2.05) is 6.26 Å². The number of thioether (sulfide) groups is 1. The van der Waals surface area contributed by atoms with Crippen molar-refractivity contribution in [3.8, 4) is 0 Å². The first kappa shape index (κ1) is 25.0. The van der Waals surface area contributed by atoms with E-state index in [4.69, 9.17) is 16.9 Å². The number of nitrogens with one attached hydrogen (secondary N) is 4. The van der Waals surface area contributed by atoms with Crippen molar-refractivity contribution in [3.05, 3.63) is 0 Å². The number of carbonyl (C=O) groups excluding carboxylic acids is 2. The number of aliphatic carboxylic acids is 1. The first-order chi connectivity index (χ1) is 12.6. The first-order valence-electron chi connectivity index (χ1n) is 8.76. The third-order valence-electron chi connectivity index (χ3n) is 3.86. The van der Waals surface area contributed by atoms with Gasteiger partial charge in [0, 0.05) is 6.54 Å². The molecular weight excluding hydrogens is 372 g/mol. The summed E-state index contributed by atoms with van der Waals surface area (Å²) in [6.45, 7) is 3.93. The van der Waals surface area contributed by atoms with Gasteiger partial charge in [-0.25, -0.2) is 4.79 Å². The Labute approximate surface area is 164 Å². The maximum absolute atomic E-state index is 12.6. The fraction of sp³-hybridized carbons (Fsp3) is 0.750. The Morgan fingerprint density at radius 2 is 1.70 bits per heavy atom. The second-order valence-electron chi connectivity index (χ2n) is 6.49. The monoisotopic (exact) mass is 404 g/mol. The predicted octanol–water partition coefficient (Wildman–Crippen LogP) is -0.960. The summed E-state index contributed by atoms with van der Waals surface area (Å²) in [5.41, 5.74) is 11.0. The minimum atomic E-state index is -1.13. The highest BCUT2D eigenvalue weighted by molar-refractivity contribution is 7.98. The number of carboxylic acids is 1. The van der Waals surface area contributed by atoms with Gasteiger partial charge in [-0.3, -0.25) is 15.0 Å². The fourth-order valence-electron chi connectivity index (χ4n) is 2.13. The molecule has 0 aliphatic rings. The third kappa shape index (κ3) is 10.7. The summed E-state index contributed by atoms with van der Waals surface area (Å²) in [5.74, 6) is -1.89. The molecule has 0 saturated carbocycles. The van der Waals surface area contributed by atoms with Gasteiger partial charge in [0.25, 0.3) is 0 Å². The molecule has 0 heterocycles. The second-order valence-corrected chi connectivity index (χ2v) is 7.48. The average molecular weight is 405 g/mol. The van der Waals surface area contributed by atoms with Crippen molar-refractivity contribution in [2.24, 2.45) is 17.4 Å². The number of carbonyl (C=O) groups is 3. The second kappa shape index (κ2) is 13.2. The number of guanidine groups is 1. The number of hydrogen-bond acceptors (Lipinski definition) is 6. The van der Waals surface area contributed by atoms with Crippen LogP contribution in [0.3, 0.4) is 0 Å². The van der Waals surface area contributed by atoms with Crippen LogP contribution in [0.15, 0.2) is 0 Å². The van der Waals surface area contributed by atoms with E-state index in [1.165, 1.54) is 11.8 Å². The van der Waals surface area contributed by atoms with Crippen molar-refractivity contribution in [2.75, 3.05) is 18.6 Å². The van der Waals surface area contributed by atoms with Crippen molar-refractivity contribution in [1.29, 1.82) is 5.41 Å². The first-order valence-corrected chi connectivity index (χ1v) is 10.2. The lowest BCUT2D eigenvalue weighted by molar-refractivity contribution is -0.142. The lowest BCUT2D eigenvalue weighted by Gasteiger charge is -2.24. The number of rotatable bonds is 13. The number of hydrogen-bond donors (Lipinski definition) is 7. The smallest absolute Gasteiger partial charge is 0.326 e. The number of carboxylic acid groups (broad SMARTS) is 1. The van der Waals surface area contributed by atoms with Gasteiger partial charge in [0.1, 0.15) is 12.1 Å². The lowest BCUT2D eigenvalue weighted by Crippen LogP contribution is -2.55. The molecule has 0 fully saturated rings. The highest BCUT2D eigenvalue weighted by Crippen LogP contribution is 2.05.